The summed E-state index contributed by atoms with van der Waals surface area (Å²) in [6, 6.07) is 10.3. The van der Waals surface area contributed by atoms with Crippen molar-refractivity contribution in [1.29, 1.82) is 0 Å². The minimum atomic E-state index is -0.136. The number of hydrogen-bond donors (Lipinski definition) is 1. The standard InChI is InChI=1S/C16H22ClN3O/c1-11(2)20-15(13(17)10-19-20)14(18-3)16(21-4)12-8-6-5-7-9-12/h5-11,14,16,18H,1-4H3. The average Bonchev–Trinajstić information content (AvgIpc) is 2.87. The van der Waals surface area contributed by atoms with E-state index in [1.54, 1.807) is 13.3 Å². The summed E-state index contributed by atoms with van der Waals surface area (Å²) in [5.74, 6) is 0. The van der Waals surface area contributed by atoms with Gasteiger partial charge in [0.1, 0.15) is 6.10 Å². The Hall–Kier alpha value is -1.36. The number of likely N-dealkylation sites (N-methyl/N-ethyl adjacent to an activating group) is 1. The second kappa shape index (κ2) is 7.07. The normalized spacial score (nSPS) is 14.4. The van der Waals surface area contributed by atoms with Crippen molar-refractivity contribution in [2.24, 2.45) is 0 Å². The quantitative estimate of drug-likeness (QED) is 0.883. The zero-order chi connectivity index (χ0) is 15.4. The minimum absolute atomic E-state index is 0.0743. The van der Waals surface area contributed by atoms with Gasteiger partial charge in [-0.3, -0.25) is 4.68 Å². The lowest BCUT2D eigenvalue weighted by atomic mass is 9.99. The Kier molecular flexibility index (Phi) is 5.39. The van der Waals surface area contributed by atoms with Gasteiger partial charge in [-0.25, -0.2) is 0 Å². The van der Waals surface area contributed by atoms with E-state index in [0.717, 1.165) is 11.3 Å². The van der Waals surface area contributed by atoms with Crippen molar-refractivity contribution in [2.45, 2.75) is 32.0 Å². The Morgan fingerprint density at radius 1 is 1.24 bits per heavy atom. The van der Waals surface area contributed by atoms with Gasteiger partial charge in [0.2, 0.25) is 0 Å². The highest BCUT2D eigenvalue weighted by atomic mass is 35.5. The summed E-state index contributed by atoms with van der Waals surface area (Å²) in [5, 5.41) is 8.36. The van der Waals surface area contributed by atoms with Crippen LogP contribution in [0.3, 0.4) is 0 Å². The van der Waals surface area contributed by atoms with Gasteiger partial charge >= 0.3 is 0 Å². The number of benzene rings is 1. The molecule has 114 valence electrons. The van der Waals surface area contributed by atoms with Crippen molar-refractivity contribution in [2.75, 3.05) is 14.2 Å². The Balaban J connectivity index is 2.45. The van der Waals surface area contributed by atoms with Crippen LogP contribution in [-0.4, -0.2) is 23.9 Å². The summed E-state index contributed by atoms with van der Waals surface area (Å²) < 4.78 is 7.68. The Morgan fingerprint density at radius 3 is 2.43 bits per heavy atom. The number of ether oxygens (including phenoxy) is 1. The van der Waals surface area contributed by atoms with Gasteiger partial charge in [0.15, 0.2) is 0 Å². The lowest BCUT2D eigenvalue weighted by Crippen LogP contribution is -2.28. The van der Waals surface area contributed by atoms with Crippen molar-refractivity contribution in [3.63, 3.8) is 0 Å². The lowest BCUT2D eigenvalue weighted by Gasteiger charge is -2.28. The number of halogens is 1. The summed E-state index contributed by atoms with van der Waals surface area (Å²) in [4.78, 5) is 0. The van der Waals surface area contributed by atoms with Crippen LogP contribution in [0.1, 0.15) is 43.3 Å². The van der Waals surface area contributed by atoms with E-state index in [4.69, 9.17) is 16.3 Å². The number of rotatable bonds is 6. The first kappa shape index (κ1) is 16.0. The van der Waals surface area contributed by atoms with Gasteiger partial charge < -0.3 is 10.1 Å². The van der Waals surface area contributed by atoms with E-state index in [9.17, 15) is 0 Å². The van der Waals surface area contributed by atoms with Crippen LogP contribution in [-0.2, 0) is 4.74 Å². The van der Waals surface area contributed by atoms with E-state index >= 15 is 0 Å². The maximum atomic E-state index is 6.37. The van der Waals surface area contributed by atoms with E-state index < -0.39 is 0 Å². The van der Waals surface area contributed by atoms with E-state index in [1.807, 2.05) is 29.9 Å². The Bertz CT molecular complexity index is 568. The molecule has 0 aliphatic heterocycles. The molecular weight excluding hydrogens is 286 g/mol. The second-order valence-corrected chi connectivity index (χ2v) is 5.66. The Labute approximate surface area is 131 Å². The van der Waals surface area contributed by atoms with Crippen molar-refractivity contribution >= 4 is 11.6 Å². The van der Waals surface area contributed by atoms with E-state index in [0.29, 0.717) is 5.02 Å². The van der Waals surface area contributed by atoms with Crippen molar-refractivity contribution in [1.82, 2.24) is 15.1 Å². The number of nitrogens with one attached hydrogen (secondary N) is 1. The molecule has 0 aliphatic rings. The van der Waals surface area contributed by atoms with Gasteiger partial charge in [0.05, 0.1) is 23.0 Å². The molecule has 21 heavy (non-hydrogen) atoms. The van der Waals surface area contributed by atoms with Crippen molar-refractivity contribution in [3.8, 4) is 0 Å². The molecule has 5 heteroatoms. The monoisotopic (exact) mass is 307 g/mol. The largest absolute Gasteiger partial charge is 0.375 e. The van der Waals surface area contributed by atoms with Crippen molar-refractivity contribution in [3.05, 3.63) is 52.8 Å². The van der Waals surface area contributed by atoms with Gasteiger partial charge in [0, 0.05) is 13.2 Å². The van der Waals surface area contributed by atoms with Crippen LogP contribution < -0.4 is 5.32 Å². The van der Waals surface area contributed by atoms with Crippen LogP contribution in [0.2, 0.25) is 5.02 Å². The third-order valence-electron chi connectivity index (χ3n) is 3.57. The first-order valence-electron chi connectivity index (χ1n) is 7.08. The molecule has 1 heterocycles. The first-order valence-corrected chi connectivity index (χ1v) is 7.45. The third-order valence-corrected chi connectivity index (χ3v) is 3.86. The fourth-order valence-corrected chi connectivity index (χ4v) is 2.84. The second-order valence-electron chi connectivity index (χ2n) is 5.25. The van der Waals surface area contributed by atoms with Gasteiger partial charge in [-0.05, 0) is 26.5 Å². The van der Waals surface area contributed by atoms with Gasteiger partial charge in [-0.1, -0.05) is 41.9 Å². The van der Waals surface area contributed by atoms with Gasteiger partial charge in [-0.15, -0.1) is 0 Å². The summed E-state index contributed by atoms with van der Waals surface area (Å²) in [5.41, 5.74) is 2.05. The molecule has 4 nitrogen and oxygen atoms in total. The van der Waals surface area contributed by atoms with Crippen LogP contribution >= 0.6 is 11.6 Å². The molecule has 0 radical (unpaired) electrons. The molecule has 1 N–H and O–H groups in total. The third kappa shape index (κ3) is 3.28. The SMILES string of the molecule is CNC(c1c(Cl)cnn1C(C)C)C(OC)c1ccccc1. The van der Waals surface area contributed by atoms with E-state index in [-0.39, 0.29) is 18.2 Å². The molecule has 2 rings (SSSR count). The summed E-state index contributed by atoms with van der Waals surface area (Å²) >= 11 is 6.37. The first-order chi connectivity index (χ1) is 10.1. The molecule has 2 atom stereocenters. The molecular formula is C16H22ClN3O. The number of aromatic nitrogens is 2. The van der Waals surface area contributed by atoms with E-state index in [2.05, 4.69) is 36.4 Å². The average molecular weight is 308 g/mol. The fraction of sp³-hybridized carbons (Fsp3) is 0.438. The van der Waals surface area contributed by atoms with Crippen LogP contribution in [0.25, 0.3) is 0 Å². The smallest absolute Gasteiger partial charge is 0.103 e. The molecule has 0 aliphatic carbocycles. The molecule has 1 aromatic carbocycles. The van der Waals surface area contributed by atoms with Crippen molar-refractivity contribution < 1.29 is 4.74 Å². The maximum Gasteiger partial charge on any atom is 0.103 e. The molecule has 0 spiro atoms. The number of methoxy groups -OCH3 is 1. The molecule has 2 unspecified atom stereocenters. The van der Waals surface area contributed by atoms with E-state index in [1.165, 1.54) is 0 Å². The highest BCUT2D eigenvalue weighted by Crippen LogP contribution is 2.35. The van der Waals surface area contributed by atoms with Crippen LogP contribution in [0.15, 0.2) is 36.5 Å². The Morgan fingerprint density at radius 2 is 1.90 bits per heavy atom. The summed E-state index contributed by atoms with van der Waals surface area (Å²) in [7, 11) is 3.62. The van der Waals surface area contributed by atoms with Crippen LogP contribution in [0.5, 0.6) is 0 Å². The molecule has 0 saturated carbocycles. The van der Waals surface area contributed by atoms with Crippen LogP contribution in [0.4, 0.5) is 0 Å². The zero-order valence-corrected chi connectivity index (χ0v) is 13.6. The lowest BCUT2D eigenvalue weighted by molar-refractivity contribution is 0.0669. The molecule has 0 bridgehead atoms. The molecule has 0 fully saturated rings. The maximum absolute atomic E-state index is 6.37. The summed E-state index contributed by atoms with van der Waals surface area (Å²) in [6.45, 7) is 4.17. The molecule has 0 saturated heterocycles. The number of hydrogen-bond acceptors (Lipinski definition) is 3. The van der Waals surface area contributed by atoms with Crippen LogP contribution in [0, 0.1) is 0 Å². The van der Waals surface area contributed by atoms with Gasteiger partial charge in [0.25, 0.3) is 0 Å². The number of nitrogens with zero attached hydrogens (tertiary/aromatic N) is 2. The topological polar surface area (TPSA) is 39.1 Å². The minimum Gasteiger partial charge on any atom is -0.375 e. The van der Waals surface area contributed by atoms with Gasteiger partial charge in [-0.2, -0.15) is 5.10 Å². The zero-order valence-electron chi connectivity index (χ0n) is 12.9. The summed E-state index contributed by atoms with van der Waals surface area (Å²) in [6.07, 6.45) is 1.56. The predicted molar refractivity (Wildman–Crippen MR) is 85.6 cm³/mol. The molecule has 2 aromatic rings. The fourth-order valence-electron chi connectivity index (χ4n) is 2.59. The molecule has 1 aromatic heterocycles. The molecule has 0 amide bonds. The highest BCUT2D eigenvalue weighted by Gasteiger charge is 2.29. The predicted octanol–water partition coefficient (Wildman–Crippen LogP) is 3.77. The highest BCUT2D eigenvalue weighted by molar-refractivity contribution is 6.31.